The highest BCUT2D eigenvalue weighted by Gasteiger charge is 2.20. The minimum Gasteiger partial charge on any atom is -0.381 e. The van der Waals surface area contributed by atoms with Gasteiger partial charge in [0.05, 0.1) is 5.69 Å². The molecule has 1 unspecified atom stereocenters. The highest BCUT2D eigenvalue weighted by atomic mass is 19.1. The van der Waals surface area contributed by atoms with E-state index < -0.39 is 0 Å². The molecule has 0 aliphatic carbocycles. The van der Waals surface area contributed by atoms with E-state index in [1.807, 2.05) is 0 Å². The fourth-order valence-corrected chi connectivity index (χ4v) is 3.16. The van der Waals surface area contributed by atoms with Gasteiger partial charge in [-0.3, -0.25) is 4.79 Å². The number of fused-ring (bicyclic) bond motifs is 1. The highest BCUT2D eigenvalue weighted by Crippen LogP contribution is 2.29. The van der Waals surface area contributed by atoms with Gasteiger partial charge in [-0.25, -0.2) is 4.39 Å². The molecule has 0 radical (unpaired) electrons. The molecule has 3 rings (SSSR count). The number of carbonyl (C=O) groups is 1. The van der Waals surface area contributed by atoms with E-state index >= 15 is 0 Å². The second kappa shape index (κ2) is 6.02. The van der Waals surface area contributed by atoms with E-state index in [0.29, 0.717) is 24.6 Å². The number of halogens is 1. The summed E-state index contributed by atoms with van der Waals surface area (Å²) in [7, 11) is 2.12. The number of rotatable bonds is 3. The Bertz CT molecular complexity index is 547. The first kappa shape index (κ1) is 14.3. The van der Waals surface area contributed by atoms with E-state index in [0.717, 1.165) is 30.8 Å². The number of hydrogen-bond acceptors (Lipinski definition) is 3. The molecular formula is C16H22FN3O. The molecule has 1 aromatic rings. The Morgan fingerprint density at radius 1 is 1.38 bits per heavy atom. The standard InChI is InChI=1S/C16H22FN3O/c1-20-7-3-2-4-12(20)10-18-15-9-14-11(8-13(15)17)5-6-16(21)19-14/h8-9,12,18H,2-7,10H2,1H3,(H,19,21). The number of piperidine rings is 1. The zero-order valence-electron chi connectivity index (χ0n) is 12.4. The second-order valence-corrected chi connectivity index (χ2v) is 6.05. The van der Waals surface area contributed by atoms with Crippen molar-refractivity contribution in [1.82, 2.24) is 4.90 Å². The third kappa shape index (κ3) is 3.18. The minimum absolute atomic E-state index is 0.00655. The number of likely N-dealkylation sites (N-methyl/N-ethyl adjacent to an activating group) is 1. The summed E-state index contributed by atoms with van der Waals surface area (Å²) in [6.07, 6.45) is 4.67. The normalized spacial score (nSPS) is 22.6. The van der Waals surface area contributed by atoms with Gasteiger partial charge in [-0.1, -0.05) is 6.42 Å². The number of likely N-dealkylation sites (tertiary alicyclic amines) is 1. The molecule has 0 saturated carbocycles. The topological polar surface area (TPSA) is 44.4 Å². The number of nitrogens with zero attached hydrogens (tertiary/aromatic N) is 1. The molecule has 1 aromatic carbocycles. The lowest BCUT2D eigenvalue weighted by atomic mass is 10.0. The first-order chi connectivity index (χ1) is 10.1. The Kier molecular flexibility index (Phi) is 4.10. The molecule has 5 heteroatoms. The Labute approximate surface area is 124 Å². The summed E-state index contributed by atoms with van der Waals surface area (Å²) in [5.41, 5.74) is 2.11. The van der Waals surface area contributed by atoms with Crippen LogP contribution in [0.1, 0.15) is 31.2 Å². The lowest BCUT2D eigenvalue weighted by molar-refractivity contribution is -0.116. The Hall–Kier alpha value is -1.62. The van der Waals surface area contributed by atoms with Crippen molar-refractivity contribution in [3.05, 3.63) is 23.5 Å². The summed E-state index contributed by atoms with van der Waals surface area (Å²) in [6, 6.07) is 3.72. The van der Waals surface area contributed by atoms with Crippen LogP contribution < -0.4 is 10.6 Å². The van der Waals surface area contributed by atoms with Gasteiger partial charge >= 0.3 is 0 Å². The Morgan fingerprint density at radius 2 is 2.24 bits per heavy atom. The molecule has 4 nitrogen and oxygen atoms in total. The van der Waals surface area contributed by atoms with Crippen LogP contribution in [0.5, 0.6) is 0 Å². The fourth-order valence-electron chi connectivity index (χ4n) is 3.16. The summed E-state index contributed by atoms with van der Waals surface area (Å²) in [5.74, 6) is -0.226. The first-order valence-electron chi connectivity index (χ1n) is 7.70. The van der Waals surface area contributed by atoms with Crippen molar-refractivity contribution >= 4 is 17.3 Å². The number of nitrogens with one attached hydrogen (secondary N) is 2. The number of anilines is 2. The van der Waals surface area contributed by atoms with Gasteiger partial charge in [0, 0.05) is 24.7 Å². The van der Waals surface area contributed by atoms with E-state index in [9.17, 15) is 9.18 Å². The van der Waals surface area contributed by atoms with Crippen molar-refractivity contribution in [1.29, 1.82) is 0 Å². The molecule has 1 fully saturated rings. The van der Waals surface area contributed by atoms with Crippen LogP contribution in [0.3, 0.4) is 0 Å². The molecule has 2 heterocycles. The number of carbonyl (C=O) groups excluding carboxylic acids is 1. The number of aryl methyl sites for hydroxylation is 1. The summed E-state index contributed by atoms with van der Waals surface area (Å²) >= 11 is 0. The van der Waals surface area contributed by atoms with Crippen molar-refractivity contribution in [2.75, 3.05) is 30.8 Å². The SMILES string of the molecule is CN1CCCCC1CNc1cc2c(cc1F)CCC(=O)N2. The van der Waals surface area contributed by atoms with Crippen LogP contribution in [0, 0.1) is 5.82 Å². The van der Waals surface area contributed by atoms with Gasteiger partial charge in [0.2, 0.25) is 5.91 Å². The van der Waals surface area contributed by atoms with Gasteiger partial charge in [-0.15, -0.1) is 0 Å². The molecule has 1 amide bonds. The number of hydrogen-bond donors (Lipinski definition) is 2. The predicted octanol–water partition coefficient (Wildman–Crippen LogP) is 2.61. The van der Waals surface area contributed by atoms with Gasteiger partial charge in [-0.2, -0.15) is 0 Å². The van der Waals surface area contributed by atoms with Crippen LogP contribution in [0.4, 0.5) is 15.8 Å². The van der Waals surface area contributed by atoms with Crippen LogP contribution in [0.15, 0.2) is 12.1 Å². The van der Waals surface area contributed by atoms with E-state index in [1.54, 1.807) is 12.1 Å². The summed E-state index contributed by atoms with van der Waals surface area (Å²) in [4.78, 5) is 13.8. The van der Waals surface area contributed by atoms with Crippen LogP contribution in [0.25, 0.3) is 0 Å². The average molecular weight is 291 g/mol. The van der Waals surface area contributed by atoms with E-state index in [-0.39, 0.29) is 11.7 Å². The van der Waals surface area contributed by atoms with E-state index in [1.165, 1.54) is 12.8 Å². The lowest BCUT2D eigenvalue weighted by Gasteiger charge is -2.33. The molecule has 2 N–H and O–H groups in total. The predicted molar refractivity (Wildman–Crippen MR) is 82.1 cm³/mol. The molecule has 114 valence electrons. The molecule has 0 aromatic heterocycles. The molecule has 21 heavy (non-hydrogen) atoms. The maximum Gasteiger partial charge on any atom is 0.224 e. The smallest absolute Gasteiger partial charge is 0.224 e. The van der Waals surface area contributed by atoms with Gasteiger partial charge in [-0.05, 0) is 50.6 Å². The van der Waals surface area contributed by atoms with Gasteiger partial charge in [0.1, 0.15) is 5.82 Å². The molecule has 0 bridgehead atoms. The lowest BCUT2D eigenvalue weighted by Crippen LogP contribution is -2.40. The first-order valence-corrected chi connectivity index (χ1v) is 7.70. The molecule has 0 spiro atoms. The Morgan fingerprint density at radius 3 is 3.05 bits per heavy atom. The van der Waals surface area contributed by atoms with Crippen molar-refractivity contribution in [3.63, 3.8) is 0 Å². The molecule has 2 aliphatic rings. The van der Waals surface area contributed by atoms with Crippen molar-refractivity contribution in [3.8, 4) is 0 Å². The second-order valence-electron chi connectivity index (χ2n) is 6.05. The van der Waals surface area contributed by atoms with Crippen molar-refractivity contribution in [2.45, 2.75) is 38.1 Å². The molecular weight excluding hydrogens is 269 g/mol. The Balaban J connectivity index is 1.70. The number of benzene rings is 1. The molecule has 1 atom stereocenters. The quantitative estimate of drug-likeness (QED) is 0.900. The third-order valence-electron chi connectivity index (χ3n) is 4.54. The highest BCUT2D eigenvalue weighted by molar-refractivity contribution is 5.94. The largest absolute Gasteiger partial charge is 0.381 e. The maximum absolute atomic E-state index is 14.1. The van der Waals surface area contributed by atoms with Crippen LogP contribution in [0.2, 0.25) is 0 Å². The summed E-state index contributed by atoms with van der Waals surface area (Å²) in [5, 5.41) is 6.03. The van der Waals surface area contributed by atoms with Crippen molar-refractivity contribution in [2.24, 2.45) is 0 Å². The van der Waals surface area contributed by atoms with Gasteiger partial charge in [0.15, 0.2) is 0 Å². The van der Waals surface area contributed by atoms with E-state index in [4.69, 9.17) is 0 Å². The summed E-state index contributed by atoms with van der Waals surface area (Å²) in [6.45, 7) is 1.84. The fraction of sp³-hybridized carbons (Fsp3) is 0.562. The molecule has 1 saturated heterocycles. The van der Waals surface area contributed by atoms with Crippen LogP contribution in [-0.4, -0.2) is 37.0 Å². The summed E-state index contributed by atoms with van der Waals surface area (Å²) < 4.78 is 14.1. The average Bonchev–Trinajstić information content (AvgIpc) is 2.47. The van der Waals surface area contributed by atoms with Crippen molar-refractivity contribution < 1.29 is 9.18 Å². The van der Waals surface area contributed by atoms with Gasteiger partial charge in [0.25, 0.3) is 0 Å². The zero-order chi connectivity index (χ0) is 14.8. The molecule has 2 aliphatic heterocycles. The van der Waals surface area contributed by atoms with E-state index in [2.05, 4.69) is 22.6 Å². The van der Waals surface area contributed by atoms with Crippen LogP contribution in [-0.2, 0) is 11.2 Å². The monoisotopic (exact) mass is 291 g/mol. The van der Waals surface area contributed by atoms with Crippen LogP contribution >= 0.6 is 0 Å². The zero-order valence-corrected chi connectivity index (χ0v) is 12.4. The maximum atomic E-state index is 14.1. The number of amides is 1. The minimum atomic E-state index is -0.233. The third-order valence-corrected chi connectivity index (χ3v) is 4.54. The van der Waals surface area contributed by atoms with Gasteiger partial charge < -0.3 is 15.5 Å².